The minimum absolute atomic E-state index is 0.0396. The van der Waals surface area contributed by atoms with Crippen LogP contribution in [0.25, 0.3) is 0 Å². The van der Waals surface area contributed by atoms with Crippen LogP contribution in [0.4, 0.5) is 11.4 Å². The van der Waals surface area contributed by atoms with Gasteiger partial charge < -0.3 is 5.73 Å². The first kappa shape index (κ1) is 11.9. The van der Waals surface area contributed by atoms with Crippen molar-refractivity contribution in [1.29, 1.82) is 0 Å². The van der Waals surface area contributed by atoms with E-state index in [1.54, 1.807) is 41.4 Å². The highest BCUT2D eigenvalue weighted by Gasteiger charge is 2.12. The van der Waals surface area contributed by atoms with Gasteiger partial charge in [-0.15, -0.1) is 11.3 Å². The highest BCUT2D eigenvalue weighted by Crippen LogP contribution is 2.28. The van der Waals surface area contributed by atoms with E-state index < -0.39 is 4.92 Å². The first-order valence-corrected chi connectivity index (χ1v) is 6.58. The van der Waals surface area contributed by atoms with Gasteiger partial charge in [0.05, 0.1) is 4.92 Å². The van der Waals surface area contributed by atoms with Gasteiger partial charge in [0.15, 0.2) is 0 Å². The van der Waals surface area contributed by atoms with E-state index in [0.717, 1.165) is 9.90 Å². The lowest BCUT2D eigenvalue weighted by atomic mass is 10.2. The maximum absolute atomic E-state index is 10.7. The number of nitrogens with two attached hydrogens (primary N) is 1. The van der Waals surface area contributed by atoms with Crippen LogP contribution >= 0.6 is 23.1 Å². The van der Waals surface area contributed by atoms with E-state index >= 15 is 0 Å². The summed E-state index contributed by atoms with van der Waals surface area (Å²) in [4.78, 5) is 14.4. The van der Waals surface area contributed by atoms with Crippen molar-refractivity contribution >= 4 is 34.5 Å². The molecule has 5 nitrogen and oxygen atoms in total. The molecular weight excluding hydrogens is 258 g/mol. The predicted molar refractivity (Wildman–Crippen MR) is 69.2 cm³/mol. The molecule has 0 unspecified atom stereocenters. The molecule has 0 atom stereocenters. The summed E-state index contributed by atoms with van der Waals surface area (Å²) < 4.78 is 0.949. The Morgan fingerprint density at radius 2 is 2.35 bits per heavy atom. The first-order valence-electron chi connectivity index (χ1n) is 4.72. The quantitative estimate of drug-likeness (QED) is 0.398. The van der Waals surface area contributed by atoms with E-state index in [4.69, 9.17) is 5.73 Å². The summed E-state index contributed by atoms with van der Waals surface area (Å²) in [5, 5.41) is 12.6. The van der Waals surface area contributed by atoms with Crippen molar-refractivity contribution in [2.75, 3.05) is 5.73 Å². The maximum atomic E-state index is 10.7. The zero-order valence-corrected chi connectivity index (χ0v) is 10.3. The van der Waals surface area contributed by atoms with E-state index in [2.05, 4.69) is 4.98 Å². The lowest BCUT2D eigenvalue weighted by molar-refractivity contribution is -0.383. The fourth-order valence-corrected chi connectivity index (χ4v) is 2.84. The molecule has 1 aromatic carbocycles. The number of benzene rings is 1. The van der Waals surface area contributed by atoms with Crippen LogP contribution < -0.4 is 5.73 Å². The van der Waals surface area contributed by atoms with Crippen molar-refractivity contribution in [3.8, 4) is 0 Å². The molecule has 0 aliphatic rings. The molecule has 88 valence electrons. The van der Waals surface area contributed by atoms with E-state index in [-0.39, 0.29) is 11.4 Å². The van der Waals surface area contributed by atoms with Gasteiger partial charge in [-0.2, -0.15) is 0 Å². The van der Waals surface area contributed by atoms with Crippen molar-refractivity contribution in [2.45, 2.75) is 10.1 Å². The Bertz CT molecular complexity index is 528. The van der Waals surface area contributed by atoms with Crippen LogP contribution in [0.2, 0.25) is 0 Å². The summed E-state index contributed by atoms with van der Waals surface area (Å²) in [5.41, 5.74) is 6.54. The van der Waals surface area contributed by atoms with Crippen LogP contribution in [0.3, 0.4) is 0 Å². The fraction of sp³-hybridized carbons (Fsp3) is 0.100. The van der Waals surface area contributed by atoms with E-state index in [0.29, 0.717) is 5.75 Å². The first-order chi connectivity index (χ1) is 8.16. The molecule has 7 heteroatoms. The largest absolute Gasteiger partial charge is 0.393 e. The molecule has 1 aromatic heterocycles. The molecule has 1 heterocycles. The number of rotatable bonds is 4. The summed E-state index contributed by atoms with van der Waals surface area (Å²) in [7, 11) is 0. The molecule has 17 heavy (non-hydrogen) atoms. The summed E-state index contributed by atoms with van der Waals surface area (Å²) in [6, 6.07) is 4.87. The number of thiazole rings is 1. The van der Waals surface area contributed by atoms with Crippen LogP contribution in [0.5, 0.6) is 0 Å². The van der Waals surface area contributed by atoms with Gasteiger partial charge in [-0.1, -0.05) is 17.8 Å². The van der Waals surface area contributed by atoms with Gasteiger partial charge in [-0.3, -0.25) is 10.1 Å². The smallest absolute Gasteiger partial charge is 0.292 e. The molecule has 2 N–H and O–H groups in total. The van der Waals surface area contributed by atoms with E-state index in [9.17, 15) is 10.1 Å². The highest BCUT2D eigenvalue weighted by molar-refractivity contribution is 8.00. The molecule has 2 aromatic rings. The van der Waals surface area contributed by atoms with Crippen LogP contribution in [-0.4, -0.2) is 9.91 Å². The van der Waals surface area contributed by atoms with Crippen molar-refractivity contribution in [1.82, 2.24) is 4.98 Å². The number of nitro groups is 1. The van der Waals surface area contributed by atoms with E-state index in [1.165, 1.54) is 6.07 Å². The summed E-state index contributed by atoms with van der Waals surface area (Å²) in [5.74, 6) is 0.647. The van der Waals surface area contributed by atoms with Crippen molar-refractivity contribution in [3.05, 3.63) is 45.5 Å². The average Bonchev–Trinajstić information content (AvgIpc) is 2.80. The average molecular weight is 267 g/mol. The normalized spacial score (nSPS) is 10.4. The second-order valence-corrected chi connectivity index (χ2v) is 5.35. The lowest BCUT2D eigenvalue weighted by Crippen LogP contribution is -1.96. The number of thioether (sulfide) groups is 1. The predicted octanol–water partition coefficient (Wildman–Crippen LogP) is 2.93. The number of anilines is 1. The number of hydrogen-bond donors (Lipinski definition) is 1. The molecule has 0 aliphatic heterocycles. The fourth-order valence-electron chi connectivity index (χ4n) is 1.26. The third kappa shape index (κ3) is 2.95. The number of nitrogens with zero attached hydrogens (tertiary/aromatic N) is 2. The molecule has 0 saturated heterocycles. The molecule has 0 radical (unpaired) electrons. The van der Waals surface area contributed by atoms with Crippen LogP contribution in [-0.2, 0) is 5.75 Å². The number of nitrogen functional groups attached to an aromatic ring is 1. The molecular formula is C10H9N3O2S2. The van der Waals surface area contributed by atoms with Gasteiger partial charge in [0, 0.05) is 23.4 Å². The van der Waals surface area contributed by atoms with Gasteiger partial charge in [0.2, 0.25) is 0 Å². The topological polar surface area (TPSA) is 82.0 Å². The number of aromatic nitrogens is 1. The third-order valence-corrected chi connectivity index (χ3v) is 4.10. The molecule has 0 spiro atoms. The van der Waals surface area contributed by atoms with Crippen molar-refractivity contribution in [2.24, 2.45) is 0 Å². The molecule has 0 amide bonds. The SMILES string of the molecule is Nc1ccc(CSc2nccs2)cc1[N+](=O)[O-]. The van der Waals surface area contributed by atoms with Crippen molar-refractivity contribution in [3.63, 3.8) is 0 Å². The monoisotopic (exact) mass is 267 g/mol. The van der Waals surface area contributed by atoms with Crippen LogP contribution in [0.15, 0.2) is 34.1 Å². The molecule has 2 rings (SSSR count). The molecule has 0 saturated carbocycles. The van der Waals surface area contributed by atoms with Gasteiger partial charge in [-0.25, -0.2) is 4.98 Å². The van der Waals surface area contributed by atoms with E-state index in [1.807, 2.05) is 5.38 Å². The minimum Gasteiger partial charge on any atom is -0.393 e. The second kappa shape index (κ2) is 5.15. The Kier molecular flexibility index (Phi) is 3.60. The van der Waals surface area contributed by atoms with Gasteiger partial charge in [-0.05, 0) is 11.6 Å². The van der Waals surface area contributed by atoms with Crippen LogP contribution in [0.1, 0.15) is 5.56 Å². The Morgan fingerprint density at radius 3 is 3.00 bits per heavy atom. The van der Waals surface area contributed by atoms with Crippen LogP contribution in [0, 0.1) is 10.1 Å². The third-order valence-electron chi connectivity index (χ3n) is 2.06. The summed E-state index contributed by atoms with van der Waals surface area (Å²) in [6.45, 7) is 0. The van der Waals surface area contributed by atoms with Gasteiger partial charge in [0.1, 0.15) is 10.0 Å². The summed E-state index contributed by atoms with van der Waals surface area (Å²) in [6.07, 6.45) is 1.73. The Balaban J connectivity index is 2.11. The lowest BCUT2D eigenvalue weighted by Gasteiger charge is -2.01. The zero-order valence-electron chi connectivity index (χ0n) is 8.70. The van der Waals surface area contributed by atoms with Crippen molar-refractivity contribution < 1.29 is 4.92 Å². The second-order valence-electron chi connectivity index (χ2n) is 3.24. The number of hydrogen-bond acceptors (Lipinski definition) is 6. The van der Waals surface area contributed by atoms with Gasteiger partial charge >= 0.3 is 0 Å². The zero-order chi connectivity index (χ0) is 12.3. The Morgan fingerprint density at radius 1 is 1.53 bits per heavy atom. The molecule has 0 aliphatic carbocycles. The molecule has 0 bridgehead atoms. The molecule has 0 fully saturated rings. The van der Waals surface area contributed by atoms with Gasteiger partial charge in [0.25, 0.3) is 5.69 Å². The minimum atomic E-state index is -0.465. The summed E-state index contributed by atoms with van der Waals surface area (Å²) >= 11 is 3.10. The standard InChI is InChI=1S/C10H9N3O2S2/c11-8-2-1-7(5-9(8)13(14)15)6-17-10-12-3-4-16-10/h1-5H,6,11H2. The maximum Gasteiger partial charge on any atom is 0.292 e. The number of nitro benzene ring substituents is 1. The highest BCUT2D eigenvalue weighted by atomic mass is 32.2. The Labute approximate surface area is 106 Å². The Hall–Kier alpha value is -1.60.